The third kappa shape index (κ3) is 4.40. The molecule has 0 aromatic heterocycles. The number of amides is 1. The van der Waals surface area contributed by atoms with Gasteiger partial charge in [-0.3, -0.25) is 4.79 Å². The largest absolute Gasteiger partial charge is 0.392 e. The monoisotopic (exact) mass is 155 g/mol. The van der Waals surface area contributed by atoms with Crippen LogP contribution < -0.4 is 0 Å². The van der Waals surface area contributed by atoms with Crippen LogP contribution in [0.25, 0.3) is 0 Å². The number of aliphatic hydroxyl groups is 1. The van der Waals surface area contributed by atoms with Gasteiger partial charge in [0, 0.05) is 13.6 Å². The van der Waals surface area contributed by atoms with E-state index in [0.717, 1.165) is 0 Å². The highest BCUT2D eigenvalue weighted by Crippen LogP contribution is 1.91. The van der Waals surface area contributed by atoms with Crippen LogP contribution in [0.1, 0.15) is 13.3 Å². The fraction of sp³-hybridized carbons (Fsp3) is 0.625. The van der Waals surface area contributed by atoms with Gasteiger partial charge in [-0.05, 0) is 6.92 Å². The Morgan fingerprint density at radius 1 is 1.82 bits per heavy atom. The summed E-state index contributed by atoms with van der Waals surface area (Å²) in [6, 6.07) is 0. The summed E-state index contributed by atoms with van der Waals surface area (Å²) in [4.78, 5) is 12.4. The van der Waals surface area contributed by atoms with Gasteiger partial charge in [-0.2, -0.15) is 0 Å². The molecule has 0 aliphatic heterocycles. The number of likely N-dealkylation sites (N-methyl/N-ethyl adjacent to an activating group) is 1. The standard InChI is InChI=1S/C8H13NO2/c1-4-5-8(11)9(3)6-7(2)10/h1,7,10H,5-6H2,2-3H3. The first-order valence-corrected chi connectivity index (χ1v) is 3.43. The number of aliphatic hydroxyl groups excluding tert-OH is 1. The van der Waals surface area contributed by atoms with Crippen LogP contribution >= 0.6 is 0 Å². The van der Waals surface area contributed by atoms with Gasteiger partial charge in [0.1, 0.15) is 0 Å². The lowest BCUT2D eigenvalue weighted by Gasteiger charge is -2.17. The summed E-state index contributed by atoms with van der Waals surface area (Å²) in [6.07, 6.45) is 4.54. The fourth-order valence-corrected chi connectivity index (χ4v) is 0.720. The predicted molar refractivity (Wildman–Crippen MR) is 42.8 cm³/mol. The van der Waals surface area contributed by atoms with E-state index in [-0.39, 0.29) is 12.3 Å². The summed E-state index contributed by atoms with van der Waals surface area (Å²) < 4.78 is 0. The molecule has 0 heterocycles. The molecule has 3 heteroatoms. The molecule has 3 nitrogen and oxygen atoms in total. The number of hydrogen-bond donors (Lipinski definition) is 1. The van der Waals surface area contributed by atoms with Gasteiger partial charge < -0.3 is 10.0 Å². The van der Waals surface area contributed by atoms with Crippen LogP contribution in [0.5, 0.6) is 0 Å². The van der Waals surface area contributed by atoms with Crippen LogP contribution in [-0.2, 0) is 4.79 Å². The number of carbonyl (C=O) groups is 1. The number of terminal acetylenes is 1. The SMILES string of the molecule is C#CCC(=O)N(C)CC(C)O. The lowest BCUT2D eigenvalue weighted by atomic mass is 10.3. The van der Waals surface area contributed by atoms with Gasteiger partial charge >= 0.3 is 0 Å². The Balaban J connectivity index is 3.75. The summed E-state index contributed by atoms with van der Waals surface area (Å²) in [5, 5.41) is 8.89. The number of rotatable bonds is 3. The van der Waals surface area contributed by atoms with Gasteiger partial charge in [0.05, 0.1) is 12.5 Å². The zero-order chi connectivity index (χ0) is 8.85. The first-order chi connectivity index (χ1) is 5.07. The number of carbonyl (C=O) groups excluding carboxylic acids is 1. The van der Waals surface area contributed by atoms with Crippen LogP contribution in [-0.4, -0.2) is 35.6 Å². The van der Waals surface area contributed by atoms with Crippen LogP contribution in [0.2, 0.25) is 0 Å². The Morgan fingerprint density at radius 3 is 2.73 bits per heavy atom. The zero-order valence-electron chi connectivity index (χ0n) is 6.87. The quantitative estimate of drug-likeness (QED) is 0.576. The van der Waals surface area contributed by atoms with Crippen molar-refractivity contribution >= 4 is 5.91 Å². The lowest BCUT2D eigenvalue weighted by molar-refractivity contribution is -0.129. The van der Waals surface area contributed by atoms with Gasteiger partial charge in [0.15, 0.2) is 0 Å². The molecule has 0 aromatic carbocycles. The van der Waals surface area contributed by atoms with Crippen molar-refractivity contribution in [1.82, 2.24) is 4.90 Å². The second-order valence-electron chi connectivity index (χ2n) is 2.50. The van der Waals surface area contributed by atoms with Crippen molar-refractivity contribution < 1.29 is 9.90 Å². The highest BCUT2D eigenvalue weighted by molar-refractivity contribution is 5.78. The zero-order valence-corrected chi connectivity index (χ0v) is 6.87. The summed E-state index contributed by atoms with van der Waals surface area (Å²) in [6.45, 7) is 1.96. The Kier molecular flexibility index (Phi) is 4.32. The molecule has 1 N–H and O–H groups in total. The first kappa shape index (κ1) is 9.99. The van der Waals surface area contributed by atoms with Crippen molar-refractivity contribution in [2.24, 2.45) is 0 Å². The molecule has 0 bridgehead atoms. The van der Waals surface area contributed by atoms with E-state index in [1.54, 1.807) is 14.0 Å². The third-order valence-electron chi connectivity index (χ3n) is 1.22. The topological polar surface area (TPSA) is 40.5 Å². The van der Waals surface area contributed by atoms with E-state index < -0.39 is 6.10 Å². The molecule has 0 aliphatic carbocycles. The molecule has 1 atom stereocenters. The van der Waals surface area contributed by atoms with E-state index >= 15 is 0 Å². The minimum absolute atomic E-state index is 0.100. The van der Waals surface area contributed by atoms with Crippen molar-refractivity contribution in [1.29, 1.82) is 0 Å². The maximum absolute atomic E-state index is 11.0. The first-order valence-electron chi connectivity index (χ1n) is 3.43. The van der Waals surface area contributed by atoms with Crippen molar-refractivity contribution in [3.8, 4) is 12.3 Å². The van der Waals surface area contributed by atoms with E-state index in [9.17, 15) is 4.79 Å². The van der Waals surface area contributed by atoms with E-state index in [1.165, 1.54) is 4.90 Å². The minimum atomic E-state index is -0.498. The molecule has 0 radical (unpaired) electrons. The van der Waals surface area contributed by atoms with E-state index in [4.69, 9.17) is 11.5 Å². The van der Waals surface area contributed by atoms with Crippen molar-refractivity contribution in [2.45, 2.75) is 19.4 Å². The predicted octanol–water partition coefficient (Wildman–Crippen LogP) is -0.151. The average molecular weight is 155 g/mol. The molecule has 0 saturated carbocycles. The normalized spacial score (nSPS) is 11.8. The second-order valence-corrected chi connectivity index (χ2v) is 2.50. The van der Waals surface area contributed by atoms with Crippen LogP contribution in [0.15, 0.2) is 0 Å². The lowest BCUT2D eigenvalue weighted by Crippen LogP contribution is -2.32. The van der Waals surface area contributed by atoms with Gasteiger partial charge in [-0.1, -0.05) is 5.92 Å². The smallest absolute Gasteiger partial charge is 0.234 e. The van der Waals surface area contributed by atoms with E-state index in [0.29, 0.717) is 6.54 Å². The second kappa shape index (κ2) is 4.75. The van der Waals surface area contributed by atoms with Crippen LogP contribution in [0.4, 0.5) is 0 Å². The molecule has 0 spiro atoms. The molecular formula is C8H13NO2. The van der Waals surface area contributed by atoms with Gasteiger partial charge in [0.2, 0.25) is 5.91 Å². The molecular weight excluding hydrogens is 142 g/mol. The number of nitrogens with zero attached hydrogens (tertiary/aromatic N) is 1. The van der Waals surface area contributed by atoms with Gasteiger partial charge in [-0.15, -0.1) is 6.42 Å². The molecule has 0 aliphatic rings. The van der Waals surface area contributed by atoms with Crippen molar-refractivity contribution in [3.05, 3.63) is 0 Å². The summed E-state index contributed by atoms with van der Waals surface area (Å²) in [5.41, 5.74) is 0. The summed E-state index contributed by atoms with van der Waals surface area (Å²) in [7, 11) is 1.62. The Labute approximate surface area is 67.0 Å². The van der Waals surface area contributed by atoms with Gasteiger partial charge in [-0.25, -0.2) is 0 Å². The Hall–Kier alpha value is -1.01. The maximum atomic E-state index is 11.0. The minimum Gasteiger partial charge on any atom is -0.392 e. The van der Waals surface area contributed by atoms with Crippen LogP contribution in [0, 0.1) is 12.3 Å². The number of hydrogen-bond acceptors (Lipinski definition) is 2. The molecule has 0 saturated heterocycles. The Bertz CT molecular complexity index is 169. The molecule has 62 valence electrons. The molecule has 0 aromatic rings. The van der Waals surface area contributed by atoms with Crippen molar-refractivity contribution in [3.63, 3.8) is 0 Å². The van der Waals surface area contributed by atoms with Crippen molar-refractivity contribution in [2.75, 3.05) is 13.6 Å². The van der Waals surface area contributed by atoms with E-state index in [1.807, 2.05) is 0 Å². The molecule has 1 amide bonds. The maximum Gasteiger partial charge on any atom is 0.234 e. The summed E-state index contributed by atoms with van der Waals surface area (Å²) in [5.74, 6) is 2.12. The highest BCUT2D eigenvalue weighted by Gasteiger charge is 2.08. The van der Waals surface area contributed by atoms with E-state index in [2.05, 4.69) is 5.92 Å². The highest BCUT2D eigenvalue weighted by atomic mass is 16.3. The fourth-order valence-electron chi connectivity index (χ4n) is 0.720. The molecule has 1 unspecified atom stereocenters. The molecule has 0 fully saturated rings. The van der Waals surface area contributed by atoms with Gasteiger partial charge in [0.25, 0.3) is 0 Å². The average Bonchev–Trinajstić information content (AvgIpc) is 1.86. The Morgan fingerprint density at radius 2 is 2.36 bits per heavy atom. The molecule has 0 rings (SSSR count). The summed E-state index contributed by atoms with van der Waals surface area (Å²) >= 11 is 0. The molecule has 11 heavy (non-hydrogen) atoms. The third-order valence-corrected chi connectivity index (χ3v) is 1.22. The van der Waals surface area contributed by atoms with Crippen LogP contribution in [0.3, 0.4) is 0 Å².